The molecule has 0 saturated heterocycles. The molecule has 0 aromatic rings. The molecule has 0 spiro atoms. The molecule has 34 heavy (non-hydrogen) atoms. The summed E-state index contributed by atoms with van der Waals surface area (Å²) >= 11 is 0. The standard InChI is InChI=1S/C28H54N2O4/c1-3-5-7-9-11-13-15-17-19-21-26(31)29-24-23-25(28(33)34)30-27(32)22-20-18-16-14-12-10-8-6-4-2/h25H,3-24H2,1-2H3,(H,29,31)(H,30,32)(H,33,34). The maximum Gasteiger partial charge on any atom is 0.326 e. The minimum Gasteiger partial charge on any atom is -0.480 e. The van der Waals surface area contributed by atoms with Crippen LogP contribution in [0.3, 0.4) is 0 Å². The summed E-state index contributed by atoms with van der Waals surface area (Å²) in [6.45, 7) is 4.71. The number of hydrogen-bond donors (Lipinski definition) is 3. The maximum atomic E-state index is 12.1. The SMILES string of the molecule is CCCCCCCCCCCC(=O)NCCC(NC(=O)CCCCCCCCCCC)C(=O)O. The number of unbranched alkanes of at least 4 members (excludes halogenated alkanes) is 16. The van der Waals surface area contributed by atoms with Crippen molar-refractivity contribution in [2.75, 3.05) is 6.54 Å². The third-order valence-corrected chi connectivity index (χ3v) is 6.40. The lowest BCUT2D eigenvalue weighted by Crippen LogP contribution is -2.43. The highest BCUT2D eigenvalue weighted by molar-refractivity contribution is 5.83. The Morgan fingerprint density at radius 2 is 0.971 bits per heavy atom. The van der Waals surface area contributed by atoms with Crippen molar-refractivity contribution in [3.05, 3.63) is 0 Å². The van der Waals surface area contributed by atoms with Crippen LogP contribution in [0.2, 0.25) is 0 Å². The zero-order valence-corrected chi connectivity index (χ0v) is 22.3. The van der Waals surface area contributed by atoms with Crippen molar-refractivity contribution in [3.63, 3.8) is 0 Å². The first-order valence-electron chi connectivity index (χ1n) is 14.3. The number of nitrogens with one attached hydrogen (secondary N) is 2. The quantitative estimate of drug-likeness (QED) is 0.123. The molecule has 6 nitrogen and oxygen atoms in total. The molecule has 0 aliphatic carbocycles. The van der Waals surface area contributed by atoms with Crippen molar-refractivity contribution in [2.24, 2.45) is 0 Å². The highest BCUT2D eigenvalue weighted by atomic mass is 16.4. The van der Waals surface area contributed by atoms with E-state index >= 15 is 0 Å². The second-order valence-electron chi connectivity index (χ2n) is 9.75. The van der Waals surface area contributed by atoms with E-state index in [-0.39, 0.29) is 24.8 Å². The number of carboxylic acid groups (broad SMARTS) is 1. The summed E-state index contributed by atoms with van der Waals surface area (Å²) in [6, 6.07) is -0.945. The first-order valence-corrected chi connectivity index (χ1v) is 14.3. The molecule has 0 heterocycles. The minimum absolute atomic E-state index is 0.0342. The number of carboxylic acids is 1. The van der Waals surface area contributed by atoms with Crippen LogP contribution in [-0.2, 0) is 14.4 Å². The molecule has 3 N–H and O–H groups in total. The van der Waals surface area contributed by atoms with Gasteiger partial charge in [-0.25, -0.2) is 4.79 Å². The third kappa shape index (κ3) is 22.2. The summed E-state index contributed by atoms with van der Waals surface area (Å²) in [6.07, 6.45) is 22.5. The topological polar surface area (TPSA) is 95.5 Å². The molecule has 0 aromatic carbocycles. The average molecular weight is 483 g/mol. The summed E-state index contributed by atoms with van der Waals surface area (Å²) in [4.78, 5) is 35.5. The predicted octanol–water partition coefficient (Wildman–Crippen LogP) is 6.90. The lowest BCUT2D eigenvalue weighted by molar-refractivity contribution is -0.142. The van der Waals surface area contributed by atoms with E-state index in [1.165, 1.54) is 83.5 Å². The van der Waals surface area contributed by atoms with Gasteiger partial charge in [0.1, 0.15) is 6.04 Å². The number of amides is 2. The van der Waals surface area contributed by atoms with Crippen LogP contribution in [-0.4, -0.2) is 35.5 Å². The summed E-state index contributed by atoms with van der Waals surface area (Å²) in [7, 11) is 0. The van der Waals surface area contributed by atoms with Gasteiger partial charge >= 0.3 is 5.97 Å². The maximum absolute atomic E-state index is 12.1. The lowest BCUT2D eigenvalue weighted by Gasteiger charge is -2.15. The van der Waals surface area contributed by atoms with Crippen molar-refractivity contribution < 1.29 is 19.5 Å². The van der Waals surface area contributed by atoms with Crippen molar-refractivity contribution in [1.29, 1.82) is 0 Å². The highest BCUT2D eigenvalue weighted by Crippen LogP contribution is 2.11. The van der Waals surface area contributed by atoms with Crippen molar-refractivity contribution in [1.82, 2.24) is 10.6 Å². The van der Waals surface area contributed by atoms with E-state index in [2.05, 4.69) is 24.5 Å². The summed E-state index contributed by atoms with van der Waals surface area (Å²) in [5, 5.41) is 14.8. The van der Waals surface area contributed by atoms with Gasteiger partial charge in [0.25, 0.3) is 0 Å². The molecule has 1 unspecified atom stereocenters. The number of carbonyl (C=O) groups excluding carboxylic acids is 2. The van der Waals surface area contributed by atoms with Gasteiger partial charge in [0.15, 0.2) is 0 Å². The number of hydrogen-bond acceptors (Lipinski definition) is 3. The second-order valence-corrected chi connectivity index (χ2v) is 9.75. The van der Waals surface area contributed by atoms with Gasteiger partial charge in [0, 0.05) is 19.4 Å². The average Bonchev–Trinajstić information content (AvgIpc) is 2.81. The molecule has 0 aliphatic rings. The van der Waals surface area contributed by atoms with Crippen LogP contribution in [0.4, 0.5) is 0 Å². The van der Waals surface area contributed by atoms with Crippen molar-refractivity contribution in [2.45, 2.75) is 155 Å². The van der Waals surface area contributed by atoms with Crippen molar-refractivity contribution >= 4 is 17.8 Å². The normalized spacial score (nSPS) is 11.8. The molecule has 0 radical (unpaired) electrons. The highest BCUT2D eigenvalue weighted by Gasteiger charge is 2.19. The second kappa shape index (κ2) is 24.5. The Bertz CT molecular complexity index is 511. The van der Waals surface area contributed by atoms with Gasteiger partial charge in [-0.3, -0.25) is 9.59 Å². The Hall–Kier alpha value is -1.59. The minimum atomic E-state index is -1.05. The van der Waals surface area contributed by atoms with E-state index < -0.39 is 12.0 Å². The van der Waals surface area contributed by atoms with Crippen LogP contribution in [0, 0.1) is 0 Å². The molecule has 200 valence electrons. The van der Waals surface area contributed by atoms with Crippen LogP contribution < -0.4 is 10.6 Å². The van der Waals surface area contributed by atoms with Gasteiger partial charge in [0.05, 0.1) is 0 Å². The van der Waals surface area contributed by atoms with Crippen LogP contribution in [0.15, 0.2) is 0 Å². The van der Waals surface area contributed by atoms with Gasteiger partial charge in [-0.2, -0.15) is 0 Å². The van der Waals surface area contributed by atoms with Crippen LogP contribution >= 0.6 is 0 Å². The third-order valence-electron chi connectivity index (χ3n) is 6.40. The predicted molar refractivity (Wildman–Crippen MR) is 141 cm³/mol. The summed E-state index contributed by atoms with van der Waals surface area (Å²) in [5.41, 5.74) is 0. The monoisotopic (exact) mass is 482 g/mol. The van der Waals surface area contributed by atoms with E-state index in [0.717, 1.165) is 32.1 Å². The van der Waals surface area contributed by atoms with E-state index in [0.29, 0.717) is 12.8 Å². The van der Waals surface area contributed by atoms with E-state index in [9.17, 15) is 19.5 Å². The van der Waals surface area contributed by atoms with Crippen LogP contribution in [0.5, 0.6) is 0 Å². The fourth-order valence-corrected chi connectivity index (χ4v) is 4.16. The van der Waals surface area contributed by atoms with Gasteiger partial charge in [0.2, 0.25) is 11.8 Å². The molecule has 0 bridgehead atoms. The zero-order valence-electron chi connectivity index (χ0n) is 22.3. The molecule has 0 rings (SSSR count). The van der Waals surface area contributed by atoms with Gasteiger partial charge in [-0.15, -0.1) is 0 Å². The molecule has 2 amide bonds. The number of carbonyl (C=O) groups is 3. The molecular weight excluding hydrogens is 428 g/mol. The first-order chi connectivity index (χ1) is 16.5. The largest absolute Gasteiger partial charge is 0.480 e. The number of rotatable bonds is 25. The van der Waals surface area contributed by atoms with Crippen LogP contribution in [0.1, 0.15) is 149 Å². The number of aliphatic carboxylic acids is 1. The molecule has 6 heteroatoms. The smallest absolute Gasteiger partial charge is 0.326 e. The van der Waals surface area contributed by atoms with E-state index in [4.69, 9.17) is 0 Å². The van der Waals surface area contributed by atoms with Gasteiger partial charge < -0.3 is 15.7 Å². The Morgan fingerprint density at radius 3 is 1.38 bits per heavy atom. The lowest BCUT2D eigenvalue weighted by atomic mass is 10.1. The molecule has 0 aromatic heterocycles. The van der Waals surface area contributed by atoms with Crippen molar-refractivity contribution in [3.8, 4) is 0 Å². The Kier molecular flexibility index (Phi) is 23.4. The van der Waals surface area contributed by atoms with E-state index in [1.54, 1.807) is 0 Å². The Labute approximate surface area is 209 Å². The molecule has 0 aliphatic heterocycles. The molecule has 1 atom stereocenters. The van der Waals surface area contributed by atoms with Crippen LogP contribution in [0.25, 0.3) is 0 Å². The Balaban J connectivity index is 3.75. The zero-order chi connectivity index (χ0) is 25.3. The first kappa shape index (κ1) is 32.4. The van der Waals surface area contributed by atoms with Gasteiger partial charge in [-0.1, -0.05) is 117 Å². The fourth-order valence-electron chi connectivity index (χ4n) is 4.16. The van der Waals surface area contributed by atoms with E-state index in [1.807, 2.05) is 0 Å². The molecular formula is C28H54N2O4. The fraction of sp³-hybridized carbons (Fsp3) is 0.893. The van der Waals surface area contributed by atoms with Gasteiger partial charge in [-0.05, 0) is 19.3 Å². The molecule has 0 saturated carbocycles. The Morgan fingerprint density at radius 1 is 0.588 bits per heavy atom. The summed E-state index contributed by atoms with van der Waals surface area (Å²) in [5.74, 6) is -1.29. The summed E-state index contributed by atoms with van der Waals surface area (Å²) < 4.78 is 0. The molecule has 0 fully saturated rings.